The molecule has 0 spiro atoms. The summed E-state index contributed by atoms with van der Waals surface area (Å²) in [7, 11) is 3.23. The first-order chi connectivity index (χ1) is 13.2. The Morgan fingerprint density at radius 2 is 2.22 bits per heavy atom. The minimum atomic E-state index is -0.124. The number of aryl methyl sites for hydroxylation is 1. The van der Waals surface area contributed by atoms with Crippen LogP contribution in [-0.2, 0) is 24.2 Å². The first-order valence-electron chi connectivity index (χ1n) is 8.86. The molecule has 1 aliphatic rings. The van der Waals surface area contributed by atoms with Gasteiger partial charge >= 0.3 is 0 Å². The normalized spacial score (nSPS) is 16.0. The van der Waals surface area contributed by atoms with Gasteiger partial charge in [0.05, 0.1) is 20.1 Å². The molecule has 0 bridgehead atoms. The quantitative estimate of drug-likeness (QED) is 0.719. The van der Waals surface area contributed by atoms with Crippen LogP contribution in [0.5, 0.6) is 5.75 Å². The molecule has 3 aromatic rings. The smallest absolute Gasteiger partial charge is 0.227 e. The number of hydrogen-bond acceptors (Lipinski definition) is 6. The van der Waals surface area contributed by atoms with Crippen molar-refractivity contribution in [1.82, 2.24) is 34.8 Å². The van der Waals surface area contributed by atoms with Crippen LogP contribution >= 0.6 is 0 Å². The minimum Gasteiger partial charge on any atom is -0.494 e. The Kier molecular flexibility index (Phi) is 4.57. The van der Waals surface area contributed by atoms with Crippen molar-refractivity contribution in [2.45, 2.75) is 31.7 Å². The van der Waals surface area contributed by atoms with Gasteiger partial charge < -0.3 is 10.1 Å². The van der Waals surface area contributed by atoms with Crippen LogP contribution in [0.25, 0.3) is 5.69 Å². The summed E-state index contributed by atoms with van der Waals surface area (Å²) in [4.78, 5) is 20.8. The van der Waals surface area contributed by atoms with E-state index in [9.17, 15) is 4.79 Å². The van der Waals surface area contributed by atoms with Gasteiger partial charge in [0.25, 0.3) is 0 Å². The summed E-state index contributed by atoms with van der Waals surface area (Å²) < 4.78 is 9.21. The van der Waals surface area contributed by atoms with Gasteiger partial charge in [-0.3, -0.25) is 4.79 Å². The molecule has 0 saturated carbocycles. The van der Waals surface area contributed by atoms with Crippen LogP contribution in [0.2, 0.25) is 0 Å². The molecule has 1 atom stereocenters. The van der Waals surface area contributed by atoms with Gasteiger partial charge in [-0.15, -0.1) is 0 Å². The topological polar surface area (TPSA) is 99.8 Å². The van der Waals surface area contributed by atoms with Crippen molar-refractivity contribution in [3.05, 3.63) is 48.1 Å². The number of hydrogen-bond donors (Lipinski definition) is 1. The van der Waals surface area contributed by atoms with Gasteiger partial charge in [0, 0.05) is 19.4 Å². The highest BCUT2D eigenvalue weighted by Crippen LogP contribution is 2.30. The van der Waals surface area contributed by atoms with Crippen molar-refractivity contribution in [1.29, 1.82) is 0 Å². The second-order valence-electron chi connectivity index (χ2n) is 6.41. The van der Waals surface area contributed by atoms with E-state index in [4.69, 9.17) is 9.72 Å². The van der Waals surface area contributed by atoms with Crippen molar-refractivity contribution in [2.24, 2.45) is 0 Å². The maximum absolute atomic E-state index is 11.8. The molecular formula is C18H21N7O2. The first-order valence-corrected chi connectivity index (χ1v) is 8.86. The molecule has 0 saturated heterocycles. The van der Waals surface area contributed by atoms with Crippen molar-refractivity contribution in [3.63, 3.8) is 0 Å². The highest BCUT2D eigenvalue weighted by atomic mass is 16.5. The molecule has 0 radical (unpaired) electrons. The maximum atomic E-state index is 11.8. The number of para-hydroxylation sites is 2. The largest absolute Gasteiger partial charge is 0.494 e. The zero-order valence-electron chi connectivity index (χ0n) is 15.3. The number of nitrogens with one attached hydrogen (secondary N) is 1. The SMILES string of the molecule is CNC(=O)Cc1nc(C2CCc3ncnn3C2)n(-c2ccccc2OC)n1. The summed E-state index contributed by atoms with van der Waals surface area (Å²) in [6.45, 7) is 0.683. The molecule has 0 fully saturated rings. The molecule has 1 aliphatic heterocycles. The van der Waals surface area contributed by atoms with Gasteiger partial charge in [-0.05, 0) is 18.6 Å². The van der Waals surface area contributed by atoms with Crippen molar-refractivity contribution in [2.75, 3.05) is 14.2 Å². The number of rotatable bonds is 5. The Hall–Kier alpha value is -3.23. The Balaban J connectivity index is 1.76. The number of nitrogens with zero attached hydrogens (tertiary/aromatic N) is 6. The van der Waals surface area contributed by atoms with E-state index in [-0.39, 0.29) is 18.2 Å². The molecule has 3 heterocycles. The van der Waals surface area contributed by atoms with Crippen LogP contribution in [0, 0.1) is 0 Å². The number of aromatic nitrogens is 6. The number of likely N-dealkylation sites (N-methyl/N-ethyl adjacent to an activating group) is 1. The number of amides is 1. The number of benzene rings is 1. The molecule has 9 heteroatoms. The van der Waals surface area contributed by atoms with Crippen LogP contribution in [0.15, 0.2) is 30.6 Å². The lowest BCUT2D eigenvalue weighted by Gasteiger charge is -2.22. The summed E-state index contributed by atoms with van der Waals surface area (Å²) >= 11 is 0. The molecule has 1 amide bonds. The van der Waals surface area contributed by atoms with Crippen molar-refractivity contribution in [3.8, 4) is 11.4 Å². The van der Waals surface area contributed by atoms with E-state index in [1.54, 1.807) is 25.2 Å². The van der Waals surface area contributed by atoms with Crippen LogP contribution in [0.4, 0.5) is 0 Å². The second-order valence-corrected chi connectivity index (χ2v) is 6.41. The van der Waals surface area contributed by atoms with Crippen LogP contribution in [-0.4, -0.2) is 49.6 Å². The lowest BCUT2D eigenvalue weighted by Crippen LogP contribution is -2.23. The first kappa shape index (κ1) is 17.2. The zero-order chi connectivity index (χ0) is 18.8. The highest BCUT2D eigenvalue weighted by molar-refractivity contribution is 5.77. The van der Waals surface area contributed by atoms with E-state index in [0.717, 1.165) is 30.2 Å². The number of fused-ring (bicyclic) bond motifs is 1. The van der Waals surface area contributed by atoms with Crippen molar-refractivity contribution < 1.29 is 9.53 Å². The van der Waals surface area contributed by atoms with Gasteiger partial charge in [-0.1, -0.05) is 12.1 Å². The number of ether oxygens (including phenoxy) is 1. The lowest BCUT2D eigenvalue weighted by molar-refractivity contribution is -0.120. The average Bonchev–Trinajstić information content (AvgIpc) is 3.33. The summed E-state index contributed by atoms with van der Waals surface area (Å²) in [5.41, 5.74) is 0.801. The molecule has 1 N–H and O–H groups in total. The summed E-state index contributed by atoms with van der Waals surface area (Å²) in [5, 5.41) is 11.5. The molecule has 9 nitrogen and oxygen atoms in total. The van der Waals surface area contributed by atoms with Crippen molar-refractivity contribution >= 4 is 5.91 Å². The highest BCUT2D eigenvalue weighted by Gasteiger charge is 2.28. The Bertz CT molecular complexity index is 962. The number of carbonyl (C=O) groups is 1. The van der Waals surface area contributed by atoms with E-state index < -0.39 is 0 Å². The standard InChI is InChI=1S/C18H21N7O2/c1-19-17(26)9-15-22-18(12-7-8-16-20-11-21-24(16)10-12)25(23-15)13-5-3-4-6-14(13)27-2/h3-6,11-12H,7-10H2,1-2H3,(H,19,26). The zero-order valence-corrected chi connectivity index (χ0v) is 15.3. The van der Waals surface area contributed by atoms with Gasteiger partial charge in [0.15, 0.2) is 5.82 Å². The third kappa shape index (κ3) is 3.27. The van der Waals surface area contributed by atoms with Gasteiger partial charge in [0.2, 0.25) is 5.91 Å². The molecular weight excluding hydrogens is 346 g/mol. The third-order valence-corrected chi connectivity index (χ3v) is 4.76. The van der Waals surface area contributed by atoms with E-state index in [0.29, 0.717) is 18.1 Å². The Morgan fingerprint density at radius 3 is 3.04 bits per heavy atom. The fourth-order valence-corrected chi connectivity index (χ4v) is 3.37. The molecule has 4 rings (SSSR count). The minimum absolute atomic E-state index is 0.120. The monoisotopic (exact) mass is 367 g/mol. The fourth-order valence-electron chi connectivity index (χ4n) is 3.37. The second kappa shape index (κ2) is 7.18. The maximum Gasteiger partial charge on any atom is 0.227 e. The Morgan fingerprint density at radius 1 is 1.37 bits per heavy atom. The predicted molar refractivity (Wildman–Crippen MR) is 96.8 cm³/mol. The predicted octanol–water partition coefficient (Wildman–Crippen LogP) is 0.886. The molecule has 0 aliphatic carbocycles. The molecule has 1 unspecified atom stereocenters. The number of methoxy groups -OCH3 is 1. The van der Waals surface area contributed by atoms with E-state index in [1.165, 1.54) is 0 Å². The van der Waals surface area contributed by atoms with Gasteiger partial charge in [-0.2, -0.15) is 10.2 Å². The van der Waals surface area contributed by atoms with E-state index >= 15 is 0 Å². The summed E-state index contributed by atoms with van der Waals surface area (Å²) in [6, 6.07) is 7.66. The summed E-state index contributed by atoms with van der Waals surface area (Å²) in [6.07, 6.45) is 3.44. The van der Waals surface area contributed by atoms with Crippen LogP contribution in [0.3, 0.4) is 0 Å². The lowest BCUT2D eigenvalue weighted by atomic mass is 9.98. The molecule has 27 heavy (non-hydrogen) atoms. The molecule has 1 aromatic carbocycles. The van der Waals surface area contributed by atoms with E-state index in [1.807, 2.05) is 28.9 Å². The average molecular weight is 367 g/mol. The fraction of sp³-hybridized carbons (Fsp3) is 0.389. The Labute approximate surface area is 156 Å². The third-order valence-electron chi connectivity index (χ3n) is 4.76. The molecule has 140 valence electrons. The van der Waals surface area contributed by atoms with Gasteiger partial charge in [-0.25, -0.2) is 19.3 Å². The molecule has 2 aromatic heterocycles. The van der Waals surface area contributed by atoms with Crippen LogP contribution < -0.4 is 10.1 Å². The van der Waals surface area contributed by atoms with Crippen LogP contribution in [0.1, 0.15) is 29.8 Å². The number of carbonyl (C=O) groups excluding carboxylic acids is 1. The van der Waals surface area contributed by atoms with Gasteiger partial charge in [0.1, 0.15) is 29.4 Å². The summed E-state index contributed by atoms with van der Waals surface area (Å²) in [5.74, 6) is 2.97. The van der Waals surface area contributed by atoms with E-state index in [2.05, 4.69) is 20.5 Å².